The van der Waals surface area contributed by atoms with E-state index in [0.29, 0.717) is 0 Å². The van der Waals surface area contributed by atoms with Gasteiger partial charge in [-0.2, -0.15) is 0 Å². The van der Waals surface area contributed by atoms with E-state index in [-0.39, 0.29) is 12.1 Å². The van der Waals surface area contributed by atoms with Crippen molar-refractivity contribution in [1.29, 1.82) is 0 Å². The zero-order chi connectivity index (χ0) is 19.5. The molecule has 1 aliphatic heterocycles. The lowest BCUT2D eigenvalue weighted by Crippen LogP contribution is -2.34. The van der Waals surface area contributed by atoms with Gasteiger partial charge in [0.15, 0.2) is 0 Å². The van der Waals surface area contributed by atoms with Gasteiger partial charge in [0.1, 0.15) is 11.5 Å². The first-order valence-electron chi connectivity index (χ1n) is 9.48. The number of anilines is 1. The molecule has 0 radical (unpaired) electrons. The van der Waals surface area contributed by atoms with Crippen LogP contribution in [0.15, 0.2) is 60.7 Å². The number of likely N-dealkylation sites (tertiary alicyclic amines) is 1. The minimum absolute atomic E-state index is 0.0177. The second-order valence-corrected chi connectivity index (χ2v) is 6.92. The second-order valence-electron chi connectivity index (χ2n) is 6.92. The van der Waals surface area contributed by atoms with E-state index in [0.717, 1.165) is 52.9 Å². The minimum atomic E-state index is -0.0864. The summed E-state index contributed by atoms with van der Waals surface area (Å²) in [6, 6.07) is 19.7. The summed E-state index contributed by atoms with van der Waals surface area (Å²) in [7, 11) is 3.28. The first-order chi connectivity index (χ1) is 13.7. The Hall–Kier alpha value is -3.21. The molecule has 2 amide bonds. The van der Waals surface area contributed by atoms with E-state index in [9.17, 15) is 4.79 Å². The minimum Gasteiger partial charge on any atom is -0.497 e. The average Bonchev–Trinajstić information content (AvgIpc) is 3.23. The molecule has 5 heteroatoms. The van der Waals surface area contributed by atoms with Crippen molar-refractivity contribution >= 4 is 22.5 Å². The van der Waals surface area contributed by atoms with Crippen LogP contribution in [0.4, 0.5) is 10.5 Å². The van der Waals surface area contributed by atoms with Gasteiger partial charge >= 0.3 is 6.03 Å². The van der Waals surface area contributed by atoms with Crippen molar-refractivity contribution in [3.05, 3.63) is 66.2 Å². The van der Waals surface area contributed by atoms with Gasteiger partial charge in [-0.1, -0.05) is 36.4 Å². The van der Waals surface area contributed by atoms with E-state index < -0.39 is 0 Å². The number of urea groups is 1. The SMILES string of the molecule is COc1ccc([C@H]2CCCN2C(=O)Nc2cccc3ccccc23)c(OC)c1. The van der Waals surface area contributed by atoms with Crippen molar-refractivity contribution in [3.63, 3.8) is 0 Å². The fraction of sp³-hybridized carbons (Fsp3) is 0.261. The second kappa shape index (κ2) is 7.80. The molecule has 4 rings (SSSR count). The van der Waals surface area contributed by atoms with E-state index in [2.05, 4.69) is 5.32 Å². The van der Waals surface area contributed by atoms with Crippen molar-refractivity contribution in [2.24, 2.45) is 0 Å². The smallest absolute Gasteiger partial charge is 0.322 e. The normalized spacial score (nSPS) is 16.2. The molecule has 3 aromatic rings. The van der Waals surface area contributed by atoms with E-state index in [4.69, 9.17) is 9.47 Å². The van der Waals surface area contributed by atoms with Crippen LogP contribution in [0.2, 0.25) is 0 Å². The van der Waals surface area contributed by atoms with Crippen LogP contribution in [0.3, 0.4) is 0 Å². The van der Waals surface area contributed by atoms with Crippen molar-refractivity contribution in [2.45, 2.75) is 18.9 Å². The molecule has 0 spiro atoms. The highest BCUT2D eigenvalue weighted by Crippen LogP contribution is 2.39. The summed E-state index contributed by atoms with van der Waals surface area (Å²) in [5.41, 5.74) is 1.84. The van der Waals surface area contributed by atoms with Crippen LogP contribution in [-0.2, 0) is 0 Å². The van der Waals surface area contributed by atoms with Gasteiger partial charge in [0.2, 0.25) is 0 Å². The number of hydrogen-bond donors (Lipinski definition) is 1. The molecule has 5 nitrogen and oxygen atoms in total. The highest BCUT2D eigenvalue weighted by atomic mass is 16.5. The summed E-state index contributed by atoms with van der Waals surface area (Å²) in [6.07, 6.45) is 1.87. The number of methoxy groups -OCH3 is 2. The maximum atomic E-state index is 13.1. The van der Waals surface area contributed by atoms with Crippen LogP contribution in [0, 0.1) is 0 Å². The largest absolute Gasteiger partial charge is 0.497 e. The Labute approximate surface area is 164 Å². The number of benzene rings is 3. The number of fused-ring (bicyclic) bond motifs is 1. The topological polar surface area (TPSA) is 50.8 Å². The van der Waals surface area contributed by atoms with Crippen LogP contribution in [0.25, 0.3) is 10.8 Å². The number of rotatable bonds is 4. The van der Waals surface area contributed by atoms with Gasteiger partial charge in [0.25, 0.3) is 0 Å². The standard InChI is InChI=1S/C23H24N2O3/c1-27-17-12-13-19(22(15-17)28-2)21-11-6-14-25(21)23(26)24-20-10-5-8-16-7-3-4-9-18(16)20/h3-5,7-10,12-13,15,21H,6,11,14H2,1-2H3,(H,24,26)/t21-/m1/s1. The summed E-state index contributed by atoms with van der Waals surface area (Å²) in [5, 5.41) is 5.25. The lowest BCUT2D eigenvalue weighted by atomic mass is 10.0. The molecular formula is C23H24N2O3. The fourth-order valence-electron chi connectivity index (χ4n) is 3.95. The van der Waals surface area contributed by atoms with Gasteiger partial charge in [0.05, 0.1) is 25.9 Å². The van der Waals surface area contributed by atoms with E-state index in [1.165, 1.54) is 0 Å². The molecule has 0 aliphatic carbocycles. The highest BCUT2D eigenvalue weighted by molar-refractivity contribution is 6.01. The van der Waals surface area contributed by atoms with Crippen LogP contribution >= 0.6 is 0 Å². The lowest BCUT2D eigenvalue weighted by Gasteiger charge is -2.27. The summed E-state index contributed by atoms with van der Waals surface area (Å²) in [4.78, 5) is 15.0. The number of carbonyl (C=O) groups excluding carboxylic acids is 1. The maximum Gasteiger partial charge on any atom is 0.322 e. The van der Waals surface area contributed by atoms with Crippen LogP contribution in [0.5, 0.6) is 11.5 Å². The van der Waals surface area contributed by atoms with E-state index >= 15 is 0 Å². The zero-order valence-corrected chi connectivity index (χ0v) is 16.1. The average molecular weight is 376 g/mol. The zero-order valence-electron chi connectivity index (χ0n) is 16.1. The molecule has 3 aromatic carbocycles. The van der Waals surface area contributed by atoms with Crippen LogP contribution in [0.1, 0.15) is 24.4 Å². The monoisotopic (exact) mass is 376 g/mol. The fourth-order valence-corrected chi connectivity index (χ4v) is 3.95. The Morgan fingerprint density at radius 2 is 1.86 bits per heavy atom. The Balaban J connectivity index is 1.61. The van der Waals surface area contributed by atoms with Gasteiger partial charge in [-0.15, -0.1) is 0 Å². The highest BCUT2D eigenvalue weighted by Gasteiger charge is 2.32. The third-order valence-corrected chi connectivity index (χ3v) is 5.34. The van der Waals surface area contributed by atoms with Crippen molar-refractivity contribution in [2.75, 3.05) is 26.1 Å². The van der Waals surface area contributed by atoms with Crippen molar-refractivity contribution in [1.82, 2.24) is 4.90 Å². The first kappa shape index (κ1) is 18.2. The quantitative estimate of drug-likeness (QED) is 0.679. The van der Waals surface area contributed by atoms with E-state index in [1.54, 1.807) is 14.2 Å². The van der Waals surface area contributed by atoms with Crippen molar-refractivity contribution in [3.8, 4) is 11.5 Å². The molecule has 0 saturated carbocycles. The summed E-state index contributed by atoms with van der Waals surface area (Å²) in [5.74, 6) is 1.49. The number of nitrogens with one attached hydrogen (secondary N) is 1. The molecule has 1 N–H and O–H groups in total. The molecule has 0 bridgehead atoms. The Kier molecular flexibility index (Phi) is 5.06. The van der Waals surface area contributed by atoms with Gasteiger partial charge in [-0.3, -0.25) is 0 Å². The predicted molar refractivity (Wildman–Crippen MR) is 111 cm³/mol. The Morgan fingerprint density at radius 1 is 1.04 bits per heavy atom. The molecule has 1 fully saturated rings. The van der Waals surface area contributed by atoms with Gasteiger partial charge in [0, 0.05) is 23.6 Å². The lowest BCUT2D eigenvalue weighted by molar-refractivity contribution is 0.206. The molecule has 1 aliphatic rings. The number of ether oxygens (including phenoxy) is 2. The molecule has 0 unspecified atom stereocenters. The third-order valence-electron chi connectivity index (χ3n) is 5.34. The molecule has 1 saturated heterocycles. The molecule has 1 atom stereocenters. The summed E-state index contributed by atoms with van der Waals surface area (Å²) in [6.45, 7) is 0.719. The molecule has 28 heavy (non-hydrogen) atoms. The van der Waals surface area contributed by atoms with Gasteiger partial charge in [-0.05, 0) is 36.4 Å². The Morgan fingerprint density at radius 3 is 2.68 bits per heavy atom. The molecule has 144 valence electrons. The number of hydrogen-bond acceptors (Lipinski definition) is 3. The first-order valence-corrected chi connectivity index (χ1v) is 9.48. The third kappa shape index (κ3) is 3.36. The summed E-state index contributed by atoms with van der Waals surface area (Å²) < 4.78 is 10.9. The Bertz CT molecular complexity index is 997. The number of carbonyl (C=O) groups is 1. The number of amides is 2. The molecule has 0 aromatic heterocycles. The number of nitrogens with zero attached hydrogens (tertiary/aromatic N) is 1. The predicted octanol–water partition coefficient (Wildman–Crippen LogP) is 5.23. The van der Waals surface area contributed by atoms with Gasteiger partial charge < -0.3 is 19.7 Å². The van der Waals surface area contributed by atoms with Crippen LogP contribution in [-0.4, -0.2) is 31.7 Å². The summed E-state index contributed by atoms with van der Waals surface area (Å²) >= 11 is 0. The van der Waals surface area contributed by atoms with E-state index in [1.807, 2.05) is 65.6 Å². The maximum absolute atomic E-state index is 13.1. The van der Waals surface area contributed by atoms with Gasteiger partial charge in [-0.25, -0.2) is 4.79 Å². The van der Waals surface area contributed by atoms with Crippen molar-refractivity contribution < 1.29 is 14.3 Å². The van der Waals surface area contributed by atoms with Crippen LogP contribution < -0.4 is 14.8 Å². The molecule has 1 heterocycles. The molecular weight excluding hydrogens is 352 g/mol.